The molecule has 0 aliphatic carbocycles. The van der Waals surface area contributed by atoms with E-state index in [0.717, 1.165) is 12.1 Å². The van der Waals surface area contributed by atoms with Crippen molar-refractivity contribution in [2.45, 2.75) is 24.1 Å². The van der Waals surface area contributed by atoms with Crippen LogP contribution in [0.2, 0.25) is 0 Å². The molecule has 1 aromatic rings. The van der Waals surface area contributed by atoms with Crippen LogP contribution in [0.4, 0.5) is 13.2 Å². The molecular formula is C11H13F3N2O2S. The van der Waals surface area contributed by atoms with Gasteiger partial charge in [-0.3, -0.25) is 0 Å². The zero-order chi connectivity index (χ0) is 14.2. The van der Waals surface area contributed by atoms with Crippen LogP contribution in [-0.2, 0) is 10.0 Å². The molecule has 4 nitrogen and oxygen atoms in total. The standard InChI is InChI=1S/C11H13F3N2O2S/c12-8-3-6(4-9(13)11(8)14)10-2-1-7(5-16-10)19(15,17)18/h3-4,7,10,16H,1-2,5H2,(H2,15,17,18). The lowest BCUT2D eigenvalue weighted by Gasteiger charge is -2.29. The molecule has 0 amide bonds. The van der Waals surface area contributed by atoms with Gasteiger partial charge in [0.25, 0.3) is 0 Å². The fraction of sp³-hybridized carbons (Fsp3) is 0.455. The van der Waals surface area contributed by atoms with E-state index in [1.165, 1.54) is 0 Å². The van der Waals surface area contributed by atoms with Crippen LogP contribution in [0.5, 0.6) is 0 Å². The smallest absolute Gasteiger partial charge is 0.213 e. The monoisotopic (exact) mass is 294 g/mol. The summed E-state index contributed by atoms with van der Waals surface area (Å²) in [6, 6.07) is 1.41. The molecule has 8 heteroatoms. The minimum atomic E-state index is -3.63. The number of piperidine rings is 1. The summed E-state index contributed by atoms with van der Waals surface area (Å²) in [6.45, 7) is 0.101. The highest BCUT2D eigenvalue weighted by molar-refractivity contribution is 7.89. The summed E-state index contributed by atoms with van der Waals surface area (Å²) in [6.07, 6.45) is 0.642. The average molecular weight is 294 g/mol. The number of rotatable bonds is 2. The third-order valence-electron chi connectivity index (χ3n) is 3.24. The van der Waals surface area contributed by atoms with Crippen LogP contribution in [0.15, 0.2) is 12.1 Å². The minimum Gasteiger partial charge on any atom is -0.309 e. The van der Waals surface area contributed by atoms with E-state index in [0.29, 0.717) is 6.42 Å². The number of hydrogen-bond donors (Lipinski definition) is 2. The molecule has 0 radical (unpaired) electrons. The second-order valence-corrected chi connectivity index (χ2v) is 6.39. The van der Waals surface area contributed by atoms with Crippen molar-refractivity contribution in [3.05, 3.63) is 35.1 Å². The number of halogens is 3. The zero-order valence-corrected chi connectivity index (χ0v) is 10.7. The first kappa shape index (κ1) is 14.3. The van der Waals surface area contributed by atoms with Gasteiger partial charge < -0.3 is 5.32 Å². The Labute approximate surface area is 108 Å². The van der Waals surface area contributed by atoms with Crippen molar-refractivity contribution in [3.8, 4) is 0 Å². The lowest BCUT2D eigenvalue weighted by molar-refractivity contribution is 0.397. The van der Waals surface area contributed by atoms with Gasteiger partial charge in [0.1, 0.15) is 0 Å². The van der Waals surface area contributed by atoms with Crippen LogP contribution in [0.3, 0.4) is 0 Å². The van der Waals surface area contributed by atoms with Crippen molar-refractivity contribution in [2.75, 3.05) is 6.54 Å². The third-order valence-corrected chi connectivity index (χ3v) is 4.57. The van der Waals surface area contributed by atoms with E-state index in [4.69, 9.17) is 5.14 Å². The zero-order valence-electron chi connectivity index (χ0n) is 9.87. The molecule has 0 aromatic heterocycles. The van der Waals surface area contributed by atoms with Gasteiger partial charge in [0.15, 0.2) is 17.5 Å². The highest BCUT2D eigenvalue weighted by atomic mass is 32.2. The van der Waals surface area contributed by atoms with E-state index >= 15 is 0 Å². The van der Waals surface area contributed by atoms with Crippen molar-refractivity contribution < 1.29 is 21.6 Å². The summed E-state index contributed by atoms with van der Waals surface area (Å²) >= 11 is 0. The van der Waals surface area contributed by atoms with E-state index in [1.54, 1.807) is 0 Å². The molecule has 19 heavy (non-hydrogen) atoms. The Bertz CT molecular complexity index is 561. The van der Waals surface area contributed by atoms with Gasteiger partial charge >= 0.3 is 0 Å². The second kappa shape index (κ2) is 5.10. The van der Waals surface area contributed by atoms with Gasteiger partial charge in [-0.05, 0) is 30.5 Å². The molecule has 0 spiro atoms. The Morgan fingerprint density at radius 2 is 1.74 bits per heavy atom. The summed E-state index contributed by atoms with van der Waals surface area (Å²) in [7, 11) is -3.63. The molecule has 0 saturated carbocycles. The first-order chi connectivity index (χ1) is 8.79. The molecule has 3 N–H and O–H groups in total. The first-order valence-electron chi connectivity index (χ1n) is 5.68. The highest BCUT2D eigenvalue weighted by Gasteiger charge is 2.29. The van der Waals surface area contributed by atoms with Gasteiger partial charge in [0, 0.05) is 12.6 Å². The Kier molecular flexibility index (Phi) is 3.84. The third kappa shape index (κ3) is 3.07. The van der Waals surface area contributed by atoms with Crippen molar-refractivity contribution in [3.63, 3.8) is 0 Å². The molecule has 2 atom stereocenters. The van der Waals surface area contributed by atoms with Crippen molar-refractivity contribution >= 4 is 10.0 Å². The lowest BCUT2D eigenvalue weighted by Crippen LogP contribution is -2.43. The SMILES string of the molecule is NS(=O)(=O)C1CCC(c2cc(F)c(F)c(F)c2)NC1. The number of nitrogens with one attached hydrogen (secondary N) is 1. The maximum absolute atomic E-state index is 13.1. The molecule has 1 aliphatic rings. The average Bonchev–Trinajstić information content (AvgIpc) is 2.34. The summed E-state index contributed by atoms with van der Waals surface area (Å²) in [5.41, 5.74) is 0.254. The van der Waals surface area contributed by atoms with E-state index in [1.807, 2.05) is 0 Å². The van der Waals surface area contributed by atoms with Crippen molar-refractivity contribution in [2.24, 2.45) is 5.14 Å². The molecule has 1 aromatic carbocycles. The first-order valence-corrected chi connectivity index (χ1v) is 7.29. The largest absolute Gasteiger partial charge is 0.309 e. The number of nitrogens with two attached hydrogens (primary N) is 1. The second-order valence-electron chi connectivity index (χ2n) is 4.55. The molecule has 2 unspecified atom stereocenters. The molecule has 2 rings (SSSR count). The number of hydrogen-bond acceptors (Lipinski definition) is 3. The fourth-order valence-corrected chi connectivity index (χ4v) is 2.96. The maximum atomic E-state index is 13.1. The van der Waals surface area contributed by atoms with E-state index in [9.17, 15) is 21.6 Å². The highest BCUT2D eigenvalue weighted by Crippen LogP contribution is 2.27. The quantitative estimate of drug-likeness (QED) is 0.805. The molecule has 0 bridgehead atoms. The summed E-state index contributed by atoms with van der Waals surface area (Å²) < 4.78 is 61.3. The van der Waals surface area contributed by atoms with Gasteiger partial charge in [0.05, 0.1) is 5.25 Å². The van der Waals surface area contributed by atoms with Crippen LogP contribution in [-0.4, -0.2) is 20.2 Å². The minimum absolute atomic E-state index is 0.101. The van der Waals surface area contributed by atoms with Gasteiger partial charge in [0.2, 0.25) is 10.0 Å². The fourth-order valence-electron chi connectivity index (χ4n) is 2.17. The predicted octanol–water partition coefficient (Wildman–Crippen LogP) is 1.19. The molecule has 1 saturated heterocycles. The Morgan fingerprint density at radius 1 is 1.16 bits per heavy atom. The van der Waals surface area contributed by atoms with Crippen molar-refractivity contribution in [1.29, 1.82) is 0 Å². The van der Waals surface area contributed by atoms with Gasteiger partial charge in [-0.2, -0.15) is 0 Å². The van der Waals surface area contributed by atoms with Crippen LogP contribution in [0.1, 0.15) is 24.4 Å². The van der Waals surface area contributed by atoms with Crippen molar-refractivity contribution in [1.82, 2.24) is 5.32 Å². The van der Waals surface area contributed by atoms with Gasteiger partial charge in [-0.1, -0.05) is 0 Å². The Balaban J connectivity index is 2.14. The summed E-state index contributed by atoms with van der Waals surface area (Å²) in [4.78, 5) is 0. The molecule has 1 heterocycles. The Hall–Kier alpha value is -1.12. The number of primary sulfonamides is 1. The molecule has 1 fully saturated rings. The van der Waals surface area contributed by atoms with E-state index in [2.05, 4.69) is 5.32 Å². The molecular weight excluding hydrogens is 281 g/mol. The number of sulfonamides is 1. The maximum Gasteiger partial charge on any atom is 0.213 e. The van der Waals surface area contributed by atoms with Crippen LogP contribution in [0.25, 0.3) is 0 Å². The topological polar surface area (TPSA) is 72.2 Å². The molecule has 106 valence electrons. The van der Waals surface area contributed by atoms with Gasteiger partial charge in [-0.25, -0.2) is 26.7 Å². The lowest BCUT2D eigenvalue weighted by atomic mass is 9.97. The number of benzene rings is 1. The summed E-state index contributed by atoms with van der Waals surface area (Å²) in [5.74, 6) is -4.03. The van der Waals surface area contributed by atoms with Crippen LogP contribution in [0, 0.1) is 17.5 Å². The van der Waals surface area contributed by atoms with Crippen LogP contribution >= 0.6 is 0 Å². The molecule has 1 aliphatic heterocycles. The van der Waals surface area contributed by atoms with Gasteiger partial charge in [-0.15, -0.1) is 0 Å². The summed E-state index contributed by atoms with van der Waals surface area (Å²) in [5, 5.41) is 7.17. The normalized spacial score (nSPS) is 24.4. The van der Waals surface area contributed by atoms with E-state index in [-0.39, 0.29) is 18.5 Å². The Morgan fingerprint density at radius 3 is 2.16 bits per heavy atom. The van der Waals surface area contributed by atoms with Crippen LogP contribution < -0.4 is 10.5 Å². The predicted molar refractivity (Wildman–Crippen MR) is 63.2 cm³/mol. The van der Waals surface area contributed by atoms with E-state index < -0.39 is 38.8 Å².